The maximum atomic E-state index is 13.0. The van der Waals surface area contributed by atoms with Crippen LogP contribution < -0.4 is 10.6 Å². The molecule has 0 bridgehead atoms. The van der Waals surface area contributed by atoms with Crippen LogP contribution in [0.1, 0.15) is 77.1 Å². The van der Waals surface area contributed by atoms with Gasteiger partial charge in [-0.05, 0) is 128 Å². The number of benzene rings is 2. The lowest BCUT2D eigenvalue weighted by molar-refractivity contribution is -0.171. The Morgan fingerprint density at radius 3 is 1.37 bits per heavy atom. The fourth-order valence-electron chi connectivity index (χ4n) is 6.72. The van der Waals surface area contributed by atoms with Crippen LogP contribution in [0.2, 0.25) is 0 Å². The number of carbonyl (C=O) groups excluding carboxylic acids is 3. The van der Waals surface area contributed by atoms with Gasteiger partial charge in [0.1, 0.15) is 0 Å². The summed E-state index contributed by atoms with van der Waals surface area (Å²) in [6, 6.07) is 4.54. The molecule has 6 rings (SSSR count). The zero-order valence-electron chi connectivity index (χ0n) is 21.9. The molecule has 2 aromatic carbocycles. The SMILES string of the molecule is CCOC(=O)C(OC(=O)Nc1c2c(cc3c1CCC3)CCC2)OC(=O)Nc1c2c(cc3c1CCC3)CCC2. The first-order chi connectivity index (χ1) is 18.5. The first kappa shape index (κ1) is 24.8. The summed E-state index contributed by atoms with van der Waals surface area (Å²) in [6.45, 7) is 1.70. The van der Waals surface area contributed by atoms with Gasteiger partial charge in [0.15, 0.2) is 0 Å². The lowest BCUT2D eigenvalue weighted by Gasteiger charge is -2.21. The van der Waals surface area contributed by atoms with E-state index in [4.69, 9.17) is 14.2 Å². The van der Waals surface area contributed by atoms with Gasteiger partial charge in [-0.1, -0.05) is 12.1 Å². The van der Waals surface area contributed by atoms with Crippen molar-refractivity contribution in [2.45, 2.75) is 90.3 Å². The first-order valence-electron chi connectivity index (χ1n) is 14.0. The van der Waals surface area contributed by atoms with E-state index in [1.54, 1.807) is 6.92 Å². The second-order valence-corrected chi connectivity index (χ2v) is 10.6. The zero-order chi connectivity index (χ0) is 26.2. The molecule has 2 aromatic rings. The van der Waals surface area contributed by atoms with Gasteiger partial charge < -0.3 is 14.2 Å². The second-order valence-electron chi connectivity index (χ2n) is 10.6. The highest BCUT2D eigenvalue weighted by atomic mass is 16.7. The lowest BCUT2D eigenvalue weighted by Crippen LogP contribution is -2.37. The molecule has 0 fully saturated rings. The van der Waals surface area contributed by atoms with Crippen molar-refractivity contribution in [1.29, 1.82) is 0 Å². The average molecular weight is 519 g/mol. The van der Waals surface area contributed by atoms with E-state index >= 15 is 0 Å². The molecule has 0 unspecified atom stereocenters. The van der Waals surface area contributed by atoms with Crippen LogP contribution >= 0.6 is 0 Å². The summed E-state index contributed by atoms with van der Waals surface area (Å²) >= 11 is 0. The van der Waals surface area contributed by atoms with Gasteiger partial charge in [-0.25, -0.2) is 14.4 Å². The van der Waals surface area contributed by atoms with Crippen LogP contribution in [0.15, 0.2) is 12.1 Å². The third-order valence-electron chi connectivity index (χ3n) is 8.31. The number of amides is 2. The van der Waals surface area contributed by atoms with Gasteiger partial charge in [0.05, 0.1) is 18.0 Å². The summed E-state index contributed by atoms with van der Waals surface area (Å²) in [6.07, 6.45) is 8.23. The Morgan fingerprint density at radius 2 is 1.03 bits per heavy atom. The maximum absolute atomic E-state index is 13.0. The van der Waals surface area contributed by atoms with Crippen LogP contribution in [-0.2, 0) is 70.4 Å². The number of ether oxygens (including phenoxy) is 3. The van der Waals surface area contributed by atoms with Crippen molar-refractivity contribution in [3.8, 4) is 0 Å². The minimum atomic E-state index is -1.82. The Hall–Kier alpha value is -3.55. The fraction of sp³-hybridized carbons (Fsp3) is 0.500. The third kappa shape index (κ3) is 4.61. The van der Waals surface area contributed by atoms with E-state index in [2.05, 4.69) is 22.8 Å². The topological polar surface area (TPSA) is 103 Å². The van der Waals surface area contributed by atoms with Gasteiger partial charge in [0, 0.05) is 0 Å². The Balaban J connectivity index is 1.19. The molecule has 4 aliphatic rings. The van der Waals surface area contributed by atoms with E-state index in [-0.39, 0.29) is 6.61 Å². The molecular formula is C30H34N2O6. The van der Waals surface area contributed by atoms with Crippen molar-refractivity contribution in [3.05, 3.63) is 56.6 Å². The number of hydrogen-bond acceptors (Lipinski definition) is 6. The summed E-state index contributed by atoms with van der Waals surface area (Å²) in [4.78, 5) is 38.7. The van der Waals surface area contributed by atoms with Crippen LogP contribution in [0.25, 0.3) is 0 Å². The molecule has 38 heavy (non-hydrogen) atoms. The molecule has 8 nitrogen and oxygen atoms in total. The van der Waals surface area contributed by atoms with Crippen molar-refractivity contribution in [1.82, 2.24) is 0 Å². The molecule has 0 heterocycles. The van der Waals surface area contributed by atoms with Crippen molar-refractivity contribution in [2.75, 3.05) is 17.2 Å². The number of anilines is 2. The first-order valence-corrected chi connectivity index (χ1v) is 14.0. The van der Waals surface area contributed by atoms with Gasteiger partial charge in [0.25, 0.3) is 0 Å². The van der Waals surface area contributed by atoms with Crippen LogP contribution in [0.3, 0.4) is 0 Å². The summed E-state index contributed by atoms with van der Waals surface area (Å²) in [7, 11) is 0. The largest absolute Gasteiger partial charge is 0.460 e. The summed E-state index contributed by atoms with van der Waals surface area (Å²) in [5, 5.41) is 5.76. The quantitative estimate of drug-likeness (QED) is 0.396. The number of fused-ring (bicyclic) bond motifs is 4. The van der Waals surface area contributed by atoms with Gasteiger partial charge in [-0.2, -0.15) is 0 Å². The molecule has 0 atom stereocenters. The Morgan fingerprint density at radius 1 is 0.658 bits per heavy atom. The van der Waals surface area contributed by atoms with E-state index in [1.165, 1.54) is 22.3 Å². The summed E-state index contributed by atoms with van der Waals surface area (Å²) in [5.41, 5.74) is 11.2. The normalized spacial score (nSPS) is 16.5. The van der Waals surface area contributed by atoms with Gasteiger partial charge in [-0.15, -0.1) is 0 Å². The molecule has 200 valence electrons. The van der Waals surface area contributed by atoms with Crippen molar-refractivity contribution in [2.24, 2.45) is 0 Å². The monoisotopic (exact) mass is 518 g/mol. The Kier molecular flexibility index (Phi) is 6.72. The number of aryl methyl sites for hydroxylation is 4. The molecule has 0 saturated heterocycles. The number of hydrogen-bond donors (Lipinski definition) is 2. The minimum Gasteiger partial charge on any atom is -0.460 e. The fourth-order valence-corrected chi connectivity index (χ4v) is 6.72. The molecule has 0 aliphatic heterocycles. The maximum Gasteiger partial charge on any atom is 0.415 e. The lowest BCUT2D eigenvalue weighted by atomic mass is 9.99. The number of nitrogens with one attached hydrogen (secondary N) is 2. The number of carbonyl (C=O) groups is 3. The number of esters is 1. The van der Waals surface area contributed by atoms with Gasteiger partial charge in [0.2, 0.25) is 0 Å². The molecule has 8 heteroatoms. The van der Waals surface area contributed by atoms with Crippen LogP contribution in [0.4, 0.5) is 21.0 Å². The molecule has 2 N–H and O–H groups in total. The molecular weight excluding hydrogens is 484 g/mol. The highest BCUT2D eigenvalue weighted by Gasteiger charge is 2.32. The van der Waals surface area contributed by atoms with Crippen LogP contribution in [0, 0.1) is 0 Å². The standard InChI is InChI=1S/C30H34N2O6/c1-2-36-27(33)28(37-29(34)31-25-21-11-3-7-17(21)15-18-8-4-12-22(18)25)38-30(35)32-26-23-13-5-9-19(23)16-20-10-6-14-24(20)26/h15-16,28H,2-14H2,1H3,(H,31,34)(H,32,35). The van der Waals surface area contributed by atoms with Gasteiger partial charge in [-0.3, -0.25) is 10.6 Å². The van der Waals surface area contributed by atoms with Crippen molar-refractivity contribution in [3.63, 3.8) is 0 Å². The van der Waals surface area contributed by atoms with E-state index in [0.29, 0.717) is 0 Å². The summed E-state index contributed by atoms with van der Waals surface area (Å²) in [5.74, 6) is -0.926. The van der Waals surface area contributed by atoms with E-state index in [1.807, 2.05) is 0 Å². The molecule has 0 spiro atoms. The smallest absolute Gasteiger partial charge is 0.415 e. The summed E-state index contributed by atoms with van der Waals surface area (Å²) < 4.78 is 15.8. The average Bonchev–Trinajstić information content (AvgIpc) is 3.69. The van der Waals surface area contributed by atoms with Crippen molar-refractivity contribution >= 4 is 29.5 Å². The predicted octanol–water partition coefficient (Wildman–Crippen LogP) is 5.33. The van der Waals surface area contributed by atoms with E-state index < -0.39 is 24.4 Å². The highest BCUT2D eigenvalue weighted by Crippen LogP contribution is 2.40. The molecule has 0 saturated carbocycles. The van der Waals surface area contributed by atoms with Crippen LogP contribution in [0.5, 0.6) is 0 Å². The number of rotatable bonds is 6. The van der Waals surface area contributed by atoms with E-state index in [0.717, 1.165) is 111 Å². The van der Waals surface area contributed by atoms with Crippen LogP contribution in [-0.4, -0.2) is 31.1 Å². The molecule has 2 amide bonds. The Bertz CT molecular complexity index is 1160. The molecule has 0 aromatic heterocycles. The molecule has 4 aliphatic carbocycles. The Labute approximate surface area is 222 Å². The zero-order valence-corrected chi connectivity index (χ0v) is 21.9. The van der Waals surface area contributed by atoms with Gasteiger partial charge >= 0.3 is 24.4 Å². The van der Waals surface area contributed by atoms with E-state index in [9.17, 15) is 14.4 Å². The predicted molar refractivity (Wildman–Crippen MR) is 142 cm³/mol. The minimum absolute atomic E-state index is 0.0602. The molecule has 0 radical (unpaired) electrons. The highest BCUT2D eigenvalue weighted by molar-refractivity contribution is 5.92. The third-order valence-corrected chi connectivity index (χ3v) is 8.31. The second kappa shape index (κ2) is 10.3. The van der Waals surface area contributed by atoms with Crippen molar-refractivity contribution < 1.29 is 28.6 Å².